The van der Waals surface area contributed by atoms with Crippen molar-refractivity contribution >= 4 is 11.6 Å². The fourth-order valence-corrected chi connectivity index (χ4v) is 0.918. The predicted octanol–water partition coefficient (Wildman–Crippen LogP) is 2.15. The van der Waals surface area contributed by atoms with Gasteiger partial charge in [-0.3, -0.25) is 0 Å². The molecule has 1 heterocycles. The molecule has 0 aromatic rings. The second-order valence-corrected chi connectivity index (χ2v) is 2.40. The van der Waals surface area contributed by atoms with Gasteiger partial charge in [0.25, 0.3) is 0 Å². The van der Waals surface area contributed by atoms with Gasteiger partial charge in [-0.05, 0) is 17.3 Å². The van der Waals surface area contributed by atoms with Crippen LogP contribution in [0.4, 0.5) is 0 Å². The fraction of sp³-hybridized carbons (Fsp3) is 0.250. The maximum Gasteiger partial charge on any atom is 0.124 e. The third kappa shape index (κ3) is 3.01. The Balaban J connectivity index is 2.75. The van der Waals surface area contributed by atoms with Crippen LogP contribution in [-0.2, 0) is 4.74 Å². The molecule has 1 aliphatic heterocycles. The molecule has 0 aromatic heterocycles. The van der Waals surface area contributed by atoms with E-state index in [-0.39, 0.29) is 19.0 Å². The summed E-state index contributed by atoms with van der Waals surface area (Å²) in [4.78, 5) is 11.5. The van der Waals surface area contributed by atoms with Crippen molar-refractivity contribution in [2.45, 2.75) is 0 Å². The van der Waals surface area contributed by atoms with Gasteiger partial charge in [0.05, 0.1) is 13.3 Å². The smallest absolute Gasteiger partial charge is 0.124 e. The first kappa shape index (κ1) is 8.47. The number of hydrogen-bond donors (Lipinski definition) is 0. The highest BCUT2D eigenvalue weighted by atomic mass is 35.5. The zero-order chi connectivity index (χ0) is 10.4. The number of allylic oxidation sites excluding steroid dienone is 3. The average molecular weight is 203 g/mol. The van der Waals surface area contributed by atoms with E-state index in [1.807, 2.05) is 0 Å². The van der Waals surface area contributed by atoms with E-state index in [2.05, 4.69) is 5.18 Å². The Kier molecular flexibility index (Phi) is 3.59. The van der Waals surface area contributed by atoms with Gasteiger partial charge in [0.1, 0.15) is 12.8 Å². The molecule has 1 rings (SSSR count). The van der Waals surface area contributed by atoms with E-state index in [1.165, 1.54) is 4.90 Å². The van der Waals surface area contributed by atoms with Crippen LogP contribution >= 0.6 is 11.6 Å². The summed E-state index contributed by atoms with van der Waals surface area (Å²) in [6.07, 6.45) is 6.26. The maximum absolute atomic E-state index is 10.1. The number of rotatable bonds is 4. The van der Waals surface area contributed by atoms with Gasteiger partial charge in [-0.1, -0.05) is 17.7 Å². The van der Waals surface area contributed by atoms with Crippen LogP contribution in [0.2, 0.25) is 0 Å². The Morgan fingerprint density at radius 3 is 3.31 bits per heavy atom. The highest BCUT2D eigenvalue weighted by Crippen LogP contribution is 2.12. The highest BCUT2D eigenvalue weighted by Gasteiger charge is 2.05. The normalized spacial score (nSPS) is 20.1. The summed E-state index contributed by atoms with van der Waals surface area (Å²) in [5, 5.41) is 2.65. The fourth-order valence-electron chi connectivity index (χ4n) is 0.849. The summed E-state index contributed by atoms with van der Waals surface area (Å²) < 4.78 is 12.5. The lowest BCUT2D eigenvalue weighted by molar-refractivity contribution is 0.103. The predicted molar refractivity (Wildman–Crippen MR) is 50.7 cm³/mol. The van der Waals surface area contributed by atoms with Crippen molar-refractivity contribution in [1.82, 2.24) is 4.90 Å². The Morgan fingerprint density at radius 2 is 2.62 bits per heavy atom. The van der Waals surface area contributed by atoms with Crippen LogP contribution < -0.4 is 0 Å². The number of hydrogen-bond acceptors (Lipinski definition) is 4. The monoisotopic (exact) mass is 202 g/mol. The van der Waals surface area contributed by atoms with Crippen LogP contribution in [0.3, 0.4) is 0 Å². The van der Waals surface area contributed by atoms with E-state index < -0.39 is 0 Å². The van der Waals surface area contributed by atoms with Gasteiger partial charge in [-0.25, -0.2) is 0 Å². The molecule has 13 heavy (non-hydrogen) atoms. The van der Waals surface area contributed by atoms with E-state index in [0.717, 1.165) is 6.20 Å². The summed E-state index contributed by atoms with van der Waals surface area (Å²) in [7, 11) is 0. The van der Waals surface area contributed by atoms with Crippen LogP contribution in [0, 0.1) is 4.91 Å². The number of nitrogens with zero attached hydrogens (tertiary/aromatic N) is 2. The third-order valence-electron chi connectivity index (χ3n) is 1.39. The molecule has 0 aliphatic carbocycles. The lowest BCUT2D eigenvalue weighted by Gasteiger charge is -2.21. The van der Waals surface area contributed by atoms with Crippen molar-refractivity contribution in [3.63, 3.8) is 0 Å². The number of halogens is 1. The lowest BCUT2D eigenvalue weighted by Crippen LogP contribution is -2.20. The Morgan fingerprint density at radius 1 is 1.77 bits per heavy atom. The molecule has 0 fully saturated rings. The molecule has 70 valence electrons. The Hall–Kier alpha value is -1.13. The molecule has 0 saturated heterocycles. The molecule has 0 unspecified atom stereocenters. The minimum Gasteiger partial charge on any atom is -0.345 e. The van der Waals surface area contributed by atoms with Crippen LogP contribution in [0.25, 0.3) is 0 Å². The van der Waals surface area contributed by atoms with E-state index in [4.69, 9.17) is 17.7 Å². The molecule has 1 aliphatic rings. The quantitative estimate of drug-likeness (QED) is 0.518. The largest absolute Gasteiger partial charge is 0.345 e. The molecule has 0 radical (unpaired) electrons. The minimum atomic E-state index is 0.0370. The first-order valence-corrected chi connectivity index (χ1v) is 4.12. The molecule has 0 saturated carbocycles. The molecule has 0 N–H and O–H groups in total. The van der Waals surface area contributed by atoms with Crippen molar-refractivity contribution in [3.05, 3.63) is 41.2 Å². The second-order valence-electron chi connectivity index (χ2n) is 2.18. The summed E-state index contributed by atoms with van der Waals surface area (Å²) in [5.41, 5.74) is 0.512. The van der Waals surface area contributed by atoms with Crippen molar-refractivity contribution in [1.29, 1.82) is 0 Å². The van der Waals surface area contributed by atoms with Gasteiger partial charge in [0.15, 0.2) is 0 Å². The topological polar surface area (TPSA) is 41.9 Å². The molecule has 0 aromatic carbocycles. The van der Waals surface area contributed by atoms with Crippen LogP contribution in [0.15, 0.2) is 41.5 Å². The third-order valence-corrected chi connectivity index (χ3v) is 1.54. The van der Waals surface area contributed by atoms with Gasteiger partial charge in [-0.2, -0.15) is 0 Å². The van der Waals surface area contributed by atoms with E-state index in [1.54, 1.807) is 18.2 Å². The van der Waals surface area contributed by atoms with Gasteiger partial charge in [0, 0.05) is 6.18 Å². The SMILES string of the molecule is [3H]C1=CC=C/C(=C\N=O)N1COCCl. The summed E-state index contributed by atoms with van der Waals surface area (Å²) in [6, 6.07) is 0.0370. The maximum atomic E-state index is 10.1. The van der Waals surface area contributed by atoms with E-state index in [9.17, 15) is 4.91 Å². The van der Waals surface area contributed by atoms with Gasteiger partial charge in [-0.15, -0.1) is 4.91 Å². The zero-order valence-corrected chi connectivity index (χ0v) is 7.57. The Labute approximate surface area is 82.5 Å². The van der Waals surface area contributed by atoms with Crippen LogP contribution in [0.1, 0.15) is 1.37 Å². The summed E-state index contributed by atoms with van der Waals surface area (Å²) in [5.74, 6) is 0. The molecule has 5 heteroatoms. The Bertz CT molecular complexity index is 302. The van der Waals surface area contributed by atoms with Gasteiger partial charge >= 0.3 is 0 Å². The molecule has 0 atom stereocenters. The molecule has 0 bridgehead atoms. The minimum absolute atomic E-state index is 0.0370. The van der Waals surface area contributed by atoms with E-state index >= 15 is 0 Å². The van der Waals surface area contributed by atoms with Crippen molar-refractivity contribution in [2.75, 3.05) is 12.8 Å². The summed E-state index contributed by atoms with van der Waals surface area (Å²) in [6.45, 7) is 0.129. The van der Waals surface area contributed by atoms with Crippen LogP contribution in [-0.4, -0.2) is 17.7 Å². The average Bonchev–Trinajstić information content (AvgIpc) is 2.18. The van der Waals surface area contributed by atoms with Gasteiger partial charge in [0.2, 0.25) is 0 Å². The number of alkyl halides is 1. The molecule has 4 nitrogen and oxygen atoms in total. The molecular weight excluding hydrogens is 192 g/mol. The van der Waals surface area contributed by atoms with Crippen molar-refractivity contribution in [3.8, 4) is 0 Å². The van der Waals surface area contributed by atoms with Crippen molar-refractivity contribution < 1.29 is 6.11 Å². The zero-order valence-electron chi connectivity index (χ0n) is 7.81. The molecular formula is C8H9ClN2O2. The number of ether oxygens (including phenoxy) is 1. The lowest BCUT2D eigenvalue weighted by atomic mass is 10.3. The summed E-state index contributed by atoms with van der Waals surface area (Å²) >= 11 is 5.34. The highest BCUT2D eigenvalue weighted by molar-refractivity contribution is 6.17. The molecule has 0 spiro atoms. The van der Waals surface area contributed by atoms with Crippen molar-refractivity contribution in [2.24, 2.45) is 5.18 Å². The molecule has 0 amide bonds. The van der Waals surface area contributed by atoms with Gasteiger partial charge < -0.3 is 9.64 Å². The first-order valence-electron chi connectivity index (χ1n) is 4.08. The van der Waals surface area contributed by atoms with E-state index in [0.29, 0.717) is 5.70 Å². The first-order chi connectivity index (χ1) is 6.79. The second kappa shape index (κ2) is 5.50. The standard InChI is InChI=1S/C8H9ClN2O2/c9-6-13-7-11-4-2-1-3-8(11)5-10-12/h1-5H,6-7H2/b8-5+/i4T. The number of nitroso groups, excluding NO2 is 1. The van der Waals surface area contributed by atoms with Crippen LogP contribution in [0.5, 0.6) is 0 Å².